The highest BCUT2D eigenvalue weighted by Crippen LogP contribution is 2.30. The van der Waals surface area contributed by atoms with Gasteiger partial charge in [0, 0.05) is 0 Å². The molecule has 0 aliphatic rings. The molecule has 0 spiro atoms. The summed E-state index contributed by atoms with van der Waals surface area (Å²) in [4.78, 5) is 0. The molecule has 0 N–H and O–H groups in total. The SMILES string of the molecule is CCCCCCCC([CH]C(CCCCCCC)CCCCCCC)CCCCCCC. The first-order valence-corrected chi connectivity index (χ1v) is 15.1. The first-order chi connectivity index (χ1) is 15.3. The van der Waals surface area contributed by atoms with Gasteiger partial charge in [0.25, 0.3) is 0 Å². The van der Waals surface area contributed by atoms with Gasteiger partial charge >= 0.3 is 0 Å². The number of unbranched alkanes of at least 4 members (excludes halogenated alkanes) is 16. The van der Waals surface area contributed by atoms with Crippen molar-refractivity contribution in [3.63, 3.8) is 0 Å². The van der Waals surface area contributed by atoms with Crippen LogP contribution in [0.5, 0.6) is 0 Å². The molecule has 0 aromatic rings. The van der Waals surface area contributed by atoms with Crippen molar-refractivity contribution < 1.29 is 0 Å². The Kier molecular flexibility index (Phi) is 26.3. The Morgan fingerprint density at radius 3 is 0.774 bits per heavy atom. The predicted molar refractivity (Wildman–Crippen MR) is 145 cm³/mol. The van der Waals surface area contributed by atoms with E-state index < -0.39 is 0 Å². The van der Waals surface area contributed by atoms with Crippen LogP contribution in [0.2, 0.25) is 0 Å². The Morgan fingerprint density at radius 1 is 0.323 bits per heavy atom. The highest BCUT2D eigenvalue weighted by atomic mass is 14.2. The van der Waals surface area contributed by atoms with Gasteiger partial charge in [-0.3, -0.25) is 0 Å². The highest BCUT2D eigenvalue weighted by Gasteiger charge is 2.17. The molecule has 0 atom stereocenters. The lowest BCUT2D eigenvalue weighted by Gasteiger charge is -2.24. The maximum atomic E-state index is 2.89. The van der Waals surface area contributed by atoms with E-state index in [2.05, 4.69) is 34.1 Å². The van der Waals surface area contributed by atoms with Gasteiger partial charge in [0.2, 0.25) is 0 Å². The maximum absolute atomic E-state index is 2.89. The van der Waals surface area contributed by atoms with Gasteiger partial charge < -0.3 is 0 Å². The van der Waals surface area contributed by atoms with E-state index in [1.807, 2.05) is 0 Å². The normalized spacial score (nSPS) is 11.8. The summed E-state index contributed by atoms with van der Waals surface area (Å²) in [5.74, 6) is 1.80. The van der Waals surface area contributed by atoms with E-state index in [0.29, 0.717) is 0 Å². The fourth-order valence-electron chi connectivity index (χ4n) is 5.10. The summed E-state index contributed by atoms with van der Waals surface area (Å²) in [5, 5.41) is 0. The molecule has 0 saturated carbocycles. The smallest absolute Gasteiger partial charge is 0.0324 e. The molecule has 0 heteroatoms. The summed E-state index contributed by atoms with van der Waals surface area (Å²) in [6.45, 7) is 9.33. The summed E-state index contributed by atoms with van der Waals surface area (Å²) >= 11 is 0. The molecule has 0 aliphatic carbocycles. The van der Waals surface area contributed by atoms with Crippen LogP contribution < -0.4 is 0 Å². The van der Waals surface area contributed by atoms with Crippen molar-refractivity contribution in [2.45, 2.75) is 182 Å². The molecule has 0 unspecified atom stereocenters. The lowest BCUT2D eigenvalue weighted by atomic mass is 9.82. The summed E-state index contributed by atoms with van der Waals surface area (Å²) in [6.07, 6.45) is 37.5. The van der Waals surface area contributed by atoms with E-state index in [4.69, 9.17) is 0 Å². The molecule has 187 valence electrons. The Morgan fingerprint density at radius 2 is 0.548 bits per heavy atom. The van der Waals surface area contributed by atoms with Crippen LogP contribution in [-0.4, -0.2) is 0 Å². The topological polar surface area (TPSA) is 0 Å². The second kappa shape index (κ2) is 26.3. The summed E-state index contributed by atoms with van der Waals surface area (Å²) in [6, 6.07) is 0. The molecule has 0 aliphatic heterocycles. The monoisotopic (exact) mass is 435 g/mol. The van der Waals surface area contributed by atoms with Gasteiger partial charge in [0.1, 0.15) is 0 Å². The predicted octanol–water partition coefficient (Wildman–Crippen LogP) is 11.9. The van der Waals surface area contributed by atoms with Crippen molar-refractivity contribution in [1.82, 2.24) is 0 Å². The fraction of sp³-hybridized carbons (Fsp3) is 0.968. The summed E-state index contributed by atoms with van der Waals surface area (Å²) in [7, 11) is 0. The van der Waals surface area contributed by atoms with Crippen molar-refractivity contribution in [2.75, 3.05) is 0 Å². The molecule has 0 aromatic carbocycles. The van der Waals surface area contributed by atoms with Gasteiger partial charge in [-0.1, -0.05) is 182 Å². The average molecular weight is 436 g/mol. The van der Waals surface area contributed by atoms with Crippen LogP contribution in [0.25, 0.3) is 0 Å². The lowest BCUT2D eigenvalue weighted by molar-refractivity contribution is 0.364. The second-order valence-electron chi connectivity index (χ2n) is 10.5. The minimum absolute atomic E-state index is 0.902. The van der Waals surface area contributed by atoms with Crippen molar-refractivity contribution in [2.24, 2.45) is 11.8 Å². The third-order valence-electron chi connectivity index (χ3n) is 7.26. The Bertz CT molecular complexity index is 249. The van der Waals surface area contributed by atoms with Crippen LogP contribution in [0.15, 0.2) is 0 Å². The van der Waals surface area contributed by atoms with E-state index in [1.54, 1.807) is 0 Å². The minimum atomic E-state index is 0.902. The van der Waals surface area contributed by atoms with Gasteiger partial charge in [-0.05, 0) is 18.3 Å². The highest BCUT2D eigenvalue weighted by molar-refractivity contribution is 4.84. The molecule has 1 radical (unpaired) electrons. The van der Waals surface area contributed by atoms with Crippen LogP contribution in [0, 0.1) is 18.3 Å². The zero-order valence-electron chi connectivity index (χ0n) is 22.7. The minimum Gasteiger partial charge on any atom is -0.0654 e. The molecule has 31 heavy (non-hydrogen) atoms. The second-order valence-corrected chi connectivity index (χ2v) is 10.5. The first kappa shape index (κ1) is 31.0. The Balaban J connectivity index is 4.51. The summed E-state index contributed by atoms with van der Waals surface area (Å²) < 4.78 is 0. The first-order valence-electron chi connectivity index (χ1n) is 15.1. The zero-order valence-corrected chi connectivity index (χ0v) is 22.7. The van der Waals surface area contributed by atoms with Gasteiger partial charge in [-0.25, -0.2) is 0 Å². The van der Waals surface area contributed by atoms with E-state index in [1.165, 1.54) is 154 Å². The van der Waals surface area contributed by atoms with E-state index in [0.717, 1.165) is 11.8 Å². The van der Waals surface area contributed by atoms with Crippen LogP contribution in [0.4, 0.5) is 0 Å². The average Bonchev–Trinajstić information content (AvgIpc) is 2.77. The standard InChI is InChI=1S/C31H63/c1-5-9-13-17-21-25-30(26-22-18-14-10-6-2)29-31(27-23-19-15-11-7-3)28-24-20-16-12-8-4/h29-31H,5-28H2,1-4H3. The van der Waals surface area contributed by atoms with Crippen LogP contribution >= 0.6 is 0 Å². The van der Waals surface area contributed by atoms with Crippen LogP contribution in [-0.2, 0) is 0 Å². The molecular formula is C31H63. The molecule has 0 amide bonds. The molecule has 0 aromatic heterocycles. The molecule has 0 rings (SSSR count). The third-order valence-corrected chi connectivity index (χ3v) is 7.26. The number of hydrogen-bond donors (Lipinski definition) is 0. The number of hydrogen-bond acceptors (Lipinski definition) is 0. The molecule has 0 nitrogen and oxygen atoms in total. The zero-order chi connectivity index (χ0) is 22.8. The maximum Gasteiger partial charge on any atom is -0.0324 e. The van der Waals surface area contributed by atoms with Crippen LogP contribution in [0.3, 0.4) is 0 Å². The lowest BCUT2D eigenvalue weighted by Crippen LogP contribution is -2.12. The summed E-state index contributed by atoms with van der Waals surface area (Å²) in [5.41, 5.74) is 0. The molecule has 0 bridgehead atoms. The Labute approximate surface area is 200 Å². The van der Waals surface area contributed by atoms with Crippen molar-refractivity contribution in [3.05, 3.63) is 6.42 Å². The van der Waals surface area contributed by atoms with E-state index in [9.17, 15) is 0 Å². The quantitative estimate of drug-likeness (QED) is 0.118. The molecule has 0 heterocycles. The van der Waals surface area contributed by atoms with Crippen molar-refractivity contribution in [1.29, 1.82) is 0 Å². The van der Waals surface area contributed by atoms with E-state index in [-0.39, 0.29) is 0 Å². The molecule has 0 saturated heterocycles. The van der Waals surface area contributed by atoms with Gasteiger partial charge in [0.05, 0.1) is 0 Å². The molecular weight excluding hydrogens is 372 g/mol. The third kappa shape index (κ3) is 23.0. The van der Waals surface area contributed by atoms with E-state index >= 15 is 0 Å². The fourth-order valence-corrected chi connectivity index (χ4v) is 5.10. The van der Waals surface area contributed by atoms with Crippen LogP contribution in [0.1, 0.15) is 182 Å². The van der Waals surface area contributed by atoms with Crippen molar-refractivity contribution >= 4 is 0 Å². The van der Waals surface area contributed by atoms with Gasteiger partial charge in [0.15, 0.2) is 0 Å². The largest absolute Gasteiger partial charge is 0.0654 e. The van der Waals surface area contributed by atoms with Gasteiger partial charge in [-0.15, -0.1) is 0 Å². The van der Waals surface area contributed by atoms with Gasteiger partial charge in [-0.2, -0.15) is 0 Å². The van der Waals surface area contributed by atoms with Crippen molar-refractivity contribution in [3.8, 4) is 0 Å². The number of rotatable bonds is 26. The Hall–Kier alpha value is 0. The molecule has 0 fully saturated rings.